The van der Waals surface area contributed by atoms with Crippen LogP contribution in [0.25, 0.3) is 0 Å². The largest absolute Gasteiger partial charge is 0.375 e. The first-order chi connectivity index (χ1) is 10.2. The molecular weight excluding hydrogens is 393 g/mol. The predicted molar refractivity (Wildman–Crippen MR) is 98.9 cm³/mol. The number of hydrogen-bond acceptors (Lipinski definition) is 3. The van der Waals surface area contributed by atoms with Crippen LogP contribution in [-0.2, 0) is 4.74 Å². The van der Waals surface area contributed by atoms with E-state index in [1.54, 1.807) is 0 Å². The molecule has 0 saturated carbocycles. The number of nitrogens with one attached hydrogen (secondary N) is 1. The lowest BCUT2D eigenvalue weighted by atomic mass is 9.77. The fourth-order valence-electron chi connectivity index (χ4n) is 3.82. The van der Waals surface area contributed by atoms with Crippen LogP contribution in [0.15, 0.2) is 24.3 Å². The summed E-state index contributed by atoms with van der Waals surface area (Å²) in [6, 6.07) is 9.38. The van der Waals surface area contributed by atoms with E-state index < -0.39 is 0 Å². The normalized spacial score (nSPS) is 26.7. The molecule has 3 rings (SSSR count). The number of thioether (sulfide) groups is 1. The van der Waals surface area contributed by atoms with E-state index >= 15 is 0 Å². The molecule has 0 radical (unpaired) electrons. The van der Waals surface area contributed by atoms with Gasteiger partial charge in [0.05, 0.1) is 5.60 Å². The SMILES string of the molecule is CNC(c1cccc(I)c1)C1CCOC2(CCSCC2)C1. The molecule has 2 aliphatic rings. The van der Waals surface area contributed by atoms with Gasteiger partial charge in [-0.05, 0) is 90.4 Å². The number of hydrogen-bond donors (Lipinski definition) is 1. The highest BCUT2D eigenvalue weighted by molar-refractivity contribution is 14.1. The van der Waals surface area contributed by atoms with Crippen molar-refractivity contribution in [2.45, 2.75) is 37.3 Å². The monoisotopic (exact) mass is 417 g/mol. The fraction of sp³-hybridized carbons (Fsp3) is 0.647. The molecule has 2 aliphatic heterocycles. The molecule has 0 aromatic heterocycles. The van der Waals surface area contributed by atoms with Gasteiger partial charge in [-0.25, -0.2) is 0 Å². The van der Waals surface area contributed by atoms with Crippen LogP contribution in [-0.4, -0.2) is 30.8 Å². The third-order valence-electron chi connectivity index (χ3n) is 4.93. The molecule has 0 aliphatic carbocycles. The molecule has 2 fully saturated rings. The first-order valence-electron chi connectivity index (χ1n) is 7.87. The first-order valence-corrected chi connectivity index (χ1v) is 10.1. The maximum Gasteiger partial charge on any atom is 0.0701 e. The quantitative estimate of drug-likeness (QED) is 0.744. The van der Waals surface area contributed by atoms with Crippen LogP contribution >= 0.6 is 34.4 Å². The van der Waals surface area contributed by atoms with Gasteiger partial charge in [0.25, 0.3) is 0 Å². The molecule has 1 N–H and O–H groups in total. The highest BCUT2D eigenvalue weighted by atomic mass is 127. The van der Waals surface area contributed by atoms with Gasteiger partial charge in [-0.1, -0.05) is 12.1 Å². The zero-order valence-electron chi connectivity index (χ0n) is 12.6. The van der Waals surface area contributed by atoms with Gasteiger partial charge in [0.1, 0.15) is 0 Å². The van der Waals surface area contributed by atoms with Crippen molar-refractivity contribution in [3.63, 3.8) is 0 Å². The lowest BCUT2D eigenvalue weighted by Gasteiger charge is -2.45. The van der Waals surface area contributed by atoms with E-state index in [0.717, 1.165) is 6.61 Å². The van der Waals surface area contributed by atoms with Crippen LogP contribution in [0, 0.1) is 9.49 Å². The summed E-state index contributed by atoms with van der Waals surface area (Å²) in [7, 11) is 2.10. The molecular formula is C17H24INOS. The summed E-state index contributed by atoms with van der Waals surface area (Å²) in [5.41, 5.74) is 1.60. The average molecular weight is 417 g/mol. The maximum atomic E-state index is 6.25. The van der Waals surface area contributed by atoms with E-state index in [2.05, 4.69) is 71.0 Å². The average Bonchev–Trinajstić information content (AvgIpc) is 2.49. The standard InChI is InChI=1S/C17H24INOS/c1-19-16(13-3-2-4-15(18)11-13)14-5-8-20-17(12-14)6-9-21-10-7-17/h2-4,11,14,16,19H,5-10,12H2,1H3. The Labute approximate surface area is 145 Å². The Morgan fingerprint density at radius 3 is 2.90 bits per heavy atom. The Morgan fingerprint density at radius 2 is 2.19 bits per heavy atom. The van der Waals surface area contributed by atoms with Gasteiger partial charge in [0.15, 0.2) is 0 Å². The van der Waals surface area contributed by atoms with E-state index in [1.165, 1.54) is 46.3 Å². The van der Waals surface area contributed by atoms with Crippen molar-refractivity contribution in [3.05, 3.63) is 33.4 Å². The van der Waals surface area contributed by atoms with Gasteiger partial charge in [0.2, 0.25) is 0 Å². The molecule has 2 heterocycles. The van der Waals surface area contributed by atoms with Crippen molar-refractivity contribution in [3.8, 4) is 0 Å². The smallest absolute Gasteiger partial charge is 0.0701 e. The zero-order chi connectivity index (χ0) is 14.7. The molecule has 116 valence electrons. The fourth-order valence-corrected chi connectivity index (χ4v) is 5.62. The van der Waals surface area contributed by atoms with Crippen molar-refractivity contribution >= 4 is 34.4 Å². The van der Waals surface area contributed by atoms with Gasteiger partial charge < -0.3 is 10.1 Å². The number of rotatable bonds is 3. The van der Waals surface area contributed by atoms with Crippen LogP contribution in [0.5, 0.6) is 0 Å². The highest BCUT2D eigenvalue weighted by Crippen LogP contribution is 2.43. The minimum Gasteiger partial charge on any atom is -0.375 e. The number of ether oxygens (including phenoxy) is 1. The van der Waals surface area contributed by atoms with E-state index in [9.17, 15) is 0 Å². The van der Waals surface area contributed by atoms with E-state index in [4.69, 9.17) is 4.74 Å². The molecule has 2 atom stereocenters. The van der Waals surface area contributed by atoms with Crippen molar-refractivity contribution in [1.82, 2.24) is 5.32 Å². The molecule has 0 amide bonds. The Morgan fingerprint density at radius 1 is 1.38 bits per heavy atom. The summed E-state index contributed by atoms with van der Waals surface area (Å²) in [4.78, 5) is 0. The van der Waals surface area contributed by atoms with Crippen molar-refractivity contribution in [1.29, 1.82) is 0 Å². The molecule has 21 heavy (non-hydrogen) atoms. The second-order valence-electron chi connectivity index (χ2n) is 6.22. The van der Waals surface area contributed by atoms with Gasteiger partial charge >= 0.3 is 0 Å². The van der Waals surface area contributed by atoms with Gasteiger partial charge in [-0.3, -0.25) is 0 Å². The van der Waals surface area contributed by atoms with Gasteiger partial charge in [0, 0.05) is 16.2 Å². The van der Waals surface area contributed by atoms with Crippen LogP contribution in [0.1, 0.15) is 37.3 Å². The Bertz CT molecular complexity index is 470. The van der Waals surface area contributed by atoms with Gasteiger partial charge in [-0.2, -0.15) is 11.8 Å². The molecule has 2 unspecified atom stereocenters. The summed E-state index contributed by atoms with van der Waals surface area (Å²) < 4.78 is 7.57. The zero-order valence-corrected chi connectivity index (χ0v) is 15.6. The van der Waals surface area contributed by atoms with Crippen molar-refractivity contribution in [2.75, 3.05) is 25.2 Å². The first kappa shape index (κ1) is 16.1. The third kappa shape index (κ3) is 3.77. The Balaban J connectivity index is 1.77. The molecule has 0 bridgehead atoms. The van der Waals surface area contributed by atoms with E-state index in [0.29, 0.717) is 12.0 Å². The van der Waals surface area contributed by atoms with Crippen LogP contribution in [0.3, 0.4) is 0 Å². The topological polar surface area (TPSA) is 21.3 Å². The summed E-state index contributed by atoms with van der Waals surface area (Å²) in [6.45, 7) is 0.928. The predicted octanol–water partition coefficient (Wildman–Crippen LogP) is 4.24. The molecule has 1 aromatic carbocycles. The van der Waals surface area contributed by atoms with E-state index in [1.807, 2.05) is 0 Å². The number of benzene rings is 1. The number of halogens is 1. The molecule has 1 spiro atoms. The van der Waals surface area contributed by atoms with Crippen LogP contribution in [0.4, 0.5) is 0 Å². The van der Waals surface area contributed by atoms with Gasteiger partial charge in [-0.15, -0.1) is 0 Å². The second kappa shape index (κ2) is 7.20. The Kier molecular flexibility index (Phi) is 5.51. The molecule has 1 aromatic rings. The highest BCUT2D eigenvalue weighted by Gasteiger charge is 2.41. The molecule has 2 nitrogen and oxygen atoms in total. The van der Waals surface area contributed by atoms with E-state index in [-0.39, 0.29) is 5.60 Å². The lowest BCUT2D eigenvalue weighted by Crippen LogP contribution is -2.45. The van der Waals surface area contributed by atoms with Crippen molar-refractivity contribution in [2.24, 2.45) is 5.92 Å². The van der Waals surface area contributed by atoms with Crippen molar-refractivity contribution < 1.29 is 4.74 Å². The second-order valence-corrected chi connectivity index (χ2v) is 8.69. The van der Waals surface area contributed by atoms with Crippen LogP contribution in [0.2, 0.25) is 0 Å². The summed E-state index contributed by atoms with van der Waals surface area (Å²) in [5, 5.41) is 3.57. The minimum absolute atomic E-state index is 0.172. The lowest BCUT2D eigenvalue weighted by molar-refractivity contribution is -0.107. The summed E-state index contributed by atoms with van der Waals surface area (Å²) in [6.07, 6.45) is 4.85. The summed E-state index contributed by atoms with van der Waals surface area (Å²) >= 11 is 4.49. The Hall–Kier alpha value is 0.220. The minimum atomic E-state index is 0.172. The molecule has 2 saturated heterocycles. The third-order valence-corrected chi connectivity index (χ3v) is 6.58. The van der Waals surface area contributed by atoms with Crippen LogP contribution < -0.4 is 5.32 Å². The maximum absolute atomic E-state index is 6.25. The molecule has 4 heteroatoms. The summed E-state index contributed by atoms with van der Waals surface area (Å²) in [5.74, 6) is 3.21.